The van der Waals surface area contributed by atoms with Crippen molar-refractivity contribution in [2.75, 3.05) is 17.2 Å². The van der Waals surface area contributed by atoms with Crippen molar-refractivity contribution in [1.29, 1.82) is 5.26 Å². The first kappa shape index (κ1) is 20.6. The molecule has 0 atom stereocenters. The first-order valence-corrected chi connectivity index (χ1v) is 10.3. The summed E-state index contributed by atoms with van der Waals surface area (Å²) in [6.45, 7) is 4.41. The van der Waals surface area contributed by atoms with Gasteiger partial charge in [-0.2, -0.15) is 5.26 Å². The molecule has 0 radical (unpaired) electrons. The summed E-state index contributed by atoms with van der Waals surface area (Å²) in [7, 11) is 1.90. The minimum absolute atomic E-state index is 0.0609. The van der Waals surface area contributed by atoms with E-state index in [1.165, 1.54) is 11.8 Å². The number of benzene rings is 2. The van der Waals surface area contributed by atoms with E-state index >= 15 is 0 Å². The van der Waals surface area contributed by atoms with Gasteiger partial charge in [-0.1, -0.05) is 53.2 Å². The van der Waals surface area contributed by atoms with Crippen LogP contribution >= 0.6 is 11.8 Å². The lowest BCUT2D eigenvalue weighted by Crippen LogP contribution is -2.33. The number of aromatic nitrogens is 3. The van der Waals surface area contributed by atoms with Crippen molar-refractivity contribution < 1.29 is 4.79 Å². The van der Waals surface area contributed by atoms with Gasteiger partial charge in [-0.3, -0.25) is 4.79 Å². The molecule has 0 N–H and O–H groups in total. The summed E-state index contributed by atoms with van der Waals surface area (Å²) in [5, 5.41) is 18.2. The van der Waals surface area contributed by atoms with Crippen molar-refractivity contribution in [3.05, 3.63) is 59.7 Å². The predicted molar refractivity (Wildman–Crippen MR) is 116 cm³/mol. The Bertz CT molecular complexity index is 1040. The molecular weight excluding hydrogens is 382 g/mol. The highest BCUT2D eigenvalue weighted by Crippen LogP contribution is 2.24. The molecule has 1 heterocycles. The van der Waals surface area contributed by atoms with E-state index in [4.69, 9.17) is 5.26 Å². The van der Waals surface area contributed by atoms with Crippen LogP contribution in [-0.4, -0.2) is 33.0 Å². The van der Waals surface area contributed by atoms with Gasteiger partial charge in [0.1, 0.15) is 0 Å². The Morgan fingerprint density at radius 3 is 2.59 bits per heavy atom. The lowest BCUT2D eigenvalue weighted by atomic mass is 10.1. The number of anilines is 1. The first-order chi connectivity index (χ1) is 14.0. The molecule has 2 aromatic carbocycles. The minimum atomic E-state index is -0.0609. The Kier molecular flexibility index (Phi) is 6.68. The SMILES string of the molecule is Cc1ccc(N(CCC#N)C(=O)CSc2nnc(-c3cccc(C)c3)n2C)cc1. The van der Waals surface area contributed by atoms with Gasteiger partial charge in [0, 0.05) is 24.8 Å². The average molecular weight is 406 g/mol. The Balaban J connectivity index is 1.73. The third-order valence-electron chi connectivity index (χ3n) is 4.53. The number of nitrogens with zero attached hydrogens (tertiary/aromatic N) is 5. The minimum Gasteiger partial charge on any atom is -0.311 e. The van der Waals surface area contributed by atoms with Crippen LogP contribution in [0.15, 0.2) is 53.7 Å². The highest BCUT2D eigenvalue weighted by molar-refractivity contribution is 7.99. The summed E-state index contributed by atoms with van der Waals surface area (Å²) in [6, 6.07) is 17.9. The zero-order chi connectivity index (χ0) is 20.8. The van der Waals surface area contributed by atoms with Gasteiger partial charge < -0.3 is 9.47 Å². The third kappa shape index (κ3) is 5.04. The lowest BCUT2D eigenvalue weighted by molar-refractivity contribution is -0.116. The molecule has 0 aliphatic carbocycles. The molecule has 7 heteroatoms. The lowest BCUT2D eigenvalue weighted by Gasteiger charge is -2.21. The van der Waals surface area contributed by atoms with Crippen LogP contribution in [0, 0.1) is 25.2 Å². The van der Waals surface area contributed by atoms with Crippen LogP contribution in [-0.2, 0) is 11.8 Å². The normalized spacial score (nSPS) is 10.6. The highest BCUT2D eigenvalue weighted by atomic mass is 32.2. The quantitative estimate of drug-likeness (QED) is 0.552. The van der Waals surface area contributed by atoms with E-state index in [-0.39, 0.29) is 18.1 Å². The Morgan fingerprint density at radius 1 is 1.14 bits per heavy atom. The van der Waals surface area contributed by atoms with E-state index in [1.807, 2.05) is 67.9 Å². The second kappa shape index (κ2) is 9.39. The highest BCUT2D eigenvalue weighted by Gasteiger charge is 2.18. The van der Waals surface area contributed by atoms with Gasteiger partial charge >= 0.3 is 0 Å². The molecule has 1 aromatic heterocycles. The fourth-order valence-electron chi connectivity index (χ4n) is 2.96. The van der Waals surface area contributed by atoms with Crippen molar-refractivity contribution in [1.82, 2.24) is 14.8 Å². The number of amides is 1. The van der Waals surface area contributed by atoms with Crippen LogP contribution < -0.4 is 4.90 Å². The van der Waals surface area contributed by atoms with E-state index in [0.717, 1.165) is 28.2 Å². The number of thioether (sulfide) groups is 1. The van der Waals surface area contributed by atoms with Crippen molar-refractivity contribution in [3.63, 3.8) is 0 Å². The number of hydrogen-bond donors (Lipinski definition) is 0. The summed E-state index contributed by atoms with van der Waals surface area (Å²) < 4.78 is 1.90. The molecule has 29 heavy (non-hydrogen) atoms. The molecule has 1 amide bonds. The zero-order valence-corrected chi connectivity index (χ0v) is 17.6. The van der Waals surface area contributed by atoms with Crippen molar-refractivity contribution >= 4 is 23.4 Å². The Morgan fingerprint density at radius 2 is 1.90 bits per heavy atom. The van der Waals surface area contributed by atoms with Gasteiger partial charge in [0.15, 0.2) is 11.0 Å². The molecule has 0 aliphatic rings. The topological polar surface area (TPSA) is 74.8 Å². The molecule has 6 nitrogen and oxygen atoms in total. The van der Waals surface area contributed by atoms with Crippen LogP contribution in [0.5, 0.6) is 0 Å². The summed E-state index contributed by atoms with van der Waals surface area (Å²) in [5.41, 5.74) is 4.07. The molecule has 0 saturated heterocycles. The van der Waals surface area contributed by atoms with Gasteiger partial charge in [-0.15, -0.1) is 10.2 Å². The molecule has 148 valence electrons. The van der Waals surface area contributed by atoms with E-state index in [9.17, 15) is 4.79 Å². The number of rotatable bonds is 7. The maximum atomic E-state index is 12.9. The second-order valence-corrected chi connectivity index (χ2v) is 7.75. The fourth-order valence-corrected chi connectivity index (χ4v) is 3.75. The molecule has 3 aromatic rings. The molecule has 0 aliphatic heterocycles. The molecule has 3 rings (SSSR count). The molecule has 0 bridgehead atoms. The van der Waals surface area contributed by atoms with Crippen molar-refractivity contribution in [3.8, 4) is 17.5 Å². The maximum Gasteiger partial charge on any atom is 0.237 e. The van der Waals surface area contributed by atoms with Crippen LogP contribution in [0.1, 0.15) is 17.5 Å². The maximum absolute atomic E-state index is 12.9. The molecule has 0 fully saturated rings. The Hall–Kier alpha value is -3.11. The Labute approximate surface area is 175 Å². The van der Waals surface area contributed by atoms with Crippen LogP contribution in [0.3, 0.4) is 0 Å². The standard InChI is InChI=1S/C22H23N5OS/c1-16-8-10-19(11-9-16)27(13-5-12-23)20(28)15-29-22-25-24-21(26(22)3)18-7-4-6-17(2)14-18/h4,6-11,14H,5,13,15H2,1-3H3. The number of aryl methyl sites for hydroxylation is 2. The first-order valence-electron chi connectivity index (χ1n) is 9.33. The van der Waals surface area contributed by atoms with E-state index in [1.54, 1.807) is 4.90 Å². The van der Waals surface area contributed by atoms with Gasteiger partial charge in [-0.25, -0.2) is 0 Å². The smallest absolute Gasteiger partial charge is 0.237 e. The monoisotopic (exact) mass is 405 g/mol. The van der Waals surface area contributed by atoms with Crippen LogP contribution in [0.2, 0.25) is 0 Å². The molecular formula is C22H23N5OS. The molecule has 0 unspecified atom stereocenters. The van der Waals surface area contributed by atoms with Crippen molar-refractivity contribution in [2.45, 2.75) is 25.4 Å². The number of hydrogen-bond acceptors (Lipinski definition) is 5. The molecule has 0 saturated carbocycles. The summed E-state index contributed by atoms with van der Waals surface area (Å²) in [5.74, 6) is 0.928. The fraction of sp³-hybridized carbons (Fsp3) is 0.273. The van der Waals surface area contributed by atoms with Gasteiger partial charge in [0.25, 0.3) is 0 Å². The van der Waals surface area contributed by atoms with Gasteiger partial charge in [-0.05, 0) is 32.0 Å². The van der Waals surface area contributed by atoms with E-state index in [2.05, 4.69) is 22.3 Å². The van der Waals surface area contributed by atoms with Crippen molar-refractivity contribution in [2.24, 2.45) is 7.05 Å². The second-order valence-electron chi connectivity index (χ2n) is 6.81. The summed E-state index contributed by atoms with van der Waals surface area (Å²) >= 11 is 1.35. The number of carbonyl (C=O) groups is 1. The summed E-state index contributed by atoms with van der Waals surface area (Å²) in [4.78, 5) is 14.5. The van der Waals surface area contributed by atoms with Gasteiger partial charge in [0.2, 0.25) is 5.91 Å². The number of nitriles is 1. The van der Waals surface area contributed by atoms with E-state index < -0.39 is 0 Å². The third-order valence-corrected chi connectivity index (χ3v) is 5.53. The predicted octanol–water partition coefficient (Wildman–Crippen LogP) is 4.14. The van der Waals surface area contributed by atoms with Gasteiger partial charge in [0.05, 0.1) is 18.2 Å². The average Bonchev–Trinajstić information content (AvgIpc) is 3.08. The number of carbonyl (C=O) groups excluding carboxylic acids is 1. The molecule has 0 spiro atoms. The zero-order valence-electron chi connectivity index (χ0n) is 16.8. The van der Waals surface area contributed by atoms with Crippen LogP contribution in [0.4, 0.5) is 5.69 Å². The largest absolute Gasteiger partial charge is 0.311 e. The van der Waals surface area contributed by atoms with Crippen LogP contribution in [0.25, 0.3) is 11.4 Å². The summed E-state index contributed by atoms with van der Waals surface area (Å²) in [6.07, 6.45) is 0.283. The van der Waals surface area contributed by atoms with E-state index in [0.29, 0.717) is 11.7 Å².